The summed E-state index contributed by atoms with van der Waals surface area (Å²) < 4.78 is 26.5. The summed E-state index contributed by atoms with van der Waals surface area (Å²) in [6, 6.07) is 3.19. The lowest BCUT2D eigenvalue weighted by molar-refractivity contribution is 0.570. The van der Waals surface area contributed by atoms with E-state index in [0.29, 0.717) is 12.2 Å². The molecule has 0 bridgehead atoms. The van der Waals surface area contributed by atoms with Crippen molar-refractivity contribution < 1.29 is 8.42 Å². The van der Waals surface area contributed by atoms with Gasteiger partial charge in [0.05, 0.1) is 5.69 Å². The molecule has 0 aliphatic rings. The van der Waals surface area contributed by atoms with Crippen LogP contribution in [0.2, 0.25) is 0 Å². The summed E-state index contributed by atoms with van der Waals surface area (Å²) in [7, 11) is -3.59. The lowest BCUT2D eigenvalue weighted by Crippen LogP contribution is -2.27. The largest absolute Gasteiger partial charge is 0.321 e. The van der Waals surface area contributed by atoms with Crippen molar-refractivity contribution in [2.75, 3.05) is 12.0 Å². The predicted octanol–water partition coefficient (Wildman–Crippen LogP) is 1.23. The average Bonchev–Trinajstić information content (AvgIpc) is 2.38. The molecule has 18 heavy (non-hydrogen) atoms. The minimum Gasteiger partial charge on any atom is -0.321 e. The molecular weight excluding hydrogens is 252 g/mol. The van der Waals surface area contributed by atoms with E-state index in [-0.39, 0.29) is 5.03 Å². The second kappa shape index (κ2) is 7.30. The van der Waals surface area contributed by atoms with E-state index in [4.69, 9.17) is 5.84 Å². The Morgan fingerprint density at radius 1 is 1.33 bits per heavy atom. The fourth-order valence-corrected chi connectivity index (χ4v) is 2.71. The van der Waals surface area contributed by atoms with Gasteiger partial charge in [-0.1, -0.05) is 26.2 Å². The second-order valence-electron chi connectivity index (χ2n) is 3.96. The highest BCUT2D eigenvalue weighted by Gasteiger charge is 2.18. The summed E-state index contributed by atoms with van der Waals surface area (Å²) in [6.45, 7) is 2.53. The van der Waals surface area contributed by atoms with Crippen LogP contribution in [0.4, 0.5) is 5.69 Å². The number of nitrogens with zero attached hydrogens (tertiary/aromatic N) is 1. The van der Waals surface area contributed by atoms with Gasteiger partial charge in [0, 0.05) is 12.7 Å². The van der Waals surface area contributed by atoms with Gasteiger partial charge in [-0.25, -0.2) is 18.1 Å². The fraction of sp³-hybridized carbons (Fsp3) is 0.545. The van der Waals surface area contributed by atoms with Gasteiger partial charge in [0.1, 0.15) is 0 Å². The van der Waals surface area contributed by atoms with Crippen LogP contribution in [0.15, 0.2) is 23.4 Å². The molecule has 0 amide bonds. The Labute approximate surface area is 108 Å². The molecular formula is C11H20N4O2S. The maximum Gasteiger partial charge on any atom is 0.260 e. The van der Waals surface area contributed by atoms with Crippen molar-refractivity contribution in [2.45, 2.75) is 37.6 Å². The fourth-order valence-electron chi connectivity index (χ4n) is 1.54. The first kappa shape index (κ1) is 14.9. The van der Waals surface area contributed by atoms with E-state index in [1.165, 1.54) is 6.20 Å². The molecule has 0 aliphatic heterocycles. The normalized spacial score (nSPS) is 11.4. The summed E-state index contributed by atoms with van der Waals surface area (Å²) in [6.07, 6.45) is 5.50. The number of aromatic nitrogens is 1. The summed E-state index contributed by atoms with van der Waals surface area (Å²) in [4.78, 5) is 3.84. The molecule has 4 N–H and O–H groups in total. The van der Waals surface area contributed by atoms with Gasteiger partial charge in [0.25, 0.3) is 10.0 Å². The molecule has 1 aromatic rings. The molecule has 6 nitrogen and oxygen atoms in total. The van der Waals surface area contributed by atoms with E-state index in [1.54, 1.807) is 12.1 Å². The maximum atomic E-state index is 12.0. The summed E-state index contributed by atoms with van der Waals surface area (Å²) in [5.41, 5.74) is 2.62. The van der Waals surface area contributed by atoms with Crippen LogP contribution >= 0.6 is 0 Å². The Kier molecular flexibility index (Phi) is 6.03. The standard InChI is InChI=1S/C11H20N4O2S/c1-2-3-4-5-9-14-18(16,17)11-10(15-12)7-6-8-13-11/h6-8,14-15H,2-5,9,12H2,1H3. The van der Waals surface area contributed by atoms with Gasteiger partial charge in [-0.3, -0.25) is 5.84 Å². The summed E-state index contributed by atoms with van der Waals surface area (Å²) >= 11 is 0. The Morgan fingerprint density at radius 2 is 2.11 bits per heavy atom. The molecule has 1 heterocycles. The second-order valence-corrected chi connectivity index (χ2v) is 5.64. The van der Waals surface area contributed by atoms with Crippen molar-refractivity contribution >= 4 is 15.7 Å². The van der Waals surface area contributed by atoms with Crippen LogP contribution in [0.1, 0.15) is 32.6 Å². The number of sulfonamides is 1. The van der Waals surface area contributed by atoms with Crippen molar-refractivity contribution in [1.29, 1.82) is 0 Å². The number of rotatable bonds is 8. The number of nitrogen functional groups attached to an aromatic ring is 1. The molecule has 7 heteroatoms. The SMILES string of the molecule is CCCCCCNS(=O)(=O)c1ncccc1NN. The molecule has 0 fully saturated rings. The molecule has 0 saturated heterocycles. The number of nitrogens with two attached hydrogens (primary N) is 1. The molecule has 0 aliphatic carbocycles. The molecule has 0 aromatic carbocycles. The van der Waals surface area contributed by atoms with E-state index in [1.807, 2.05) is 0 Å². The van der Waals surface area contributed by atoms with Gasteiger partial charge in [0.15, 0.2) is 5.03 Å². The van der Waals surface area contributed by atoms with Crippen LogP contribution in [0.25, 0.3) is 0 Å². The van der Waals surface area contributed by atoms with Crippen molar-refractivity contribution in [3.05, 3.63) is 18.3 Å². The van der Waals surface area contributed by atoms with Crippen molar-refractivity contribution in [2.24, 2.45) is 5.84 Å². The maximum absolute atomic E-state index is 12.0. The molecule has 0 radical (unpaired) electrons. The van der Waals surface area contributed by atoms with Crippen LogP contribution in [0.3, 0.4) is 0 Å². The number of unbranched alkanes of at least 4 members (excludes halogenated alkanes) is 3. The Morgan fingerprint density at radius 3 is 2.78 bits per heavy atom. The van der Waals surface area contributed by atoms with Crippen LogP contribution in [-0.2, 0) is 10.0 Å². The molecule has 102 valence electrons. The highest BCUT2D eigenvalue weighted by Crippen LogP contribution is 2.16. The zero-order valence-electron chi connectivity index (χ0n) is 10.5. The van der Waals surface area contributed by atoms with Gasteiger partial charge in [-0.2, -0.15) is 0 Å². The average molecular weight is 272 g/mol. The number of hydrazine groups is 1. The quantitative estimate of drug-likeness (QED) is 0.375. The third-order valence-corrected chi connectivity index (χ3v) is 3.92. The van der Waals surface area contributed by atoms with Gasteiger partial charge >= 0.3 is 0 Å². The Balaban J connectivity index is 2.63. The van der Waals surface area contributed by atoms with Gasteiger partial charge in [-0.05, 0) is 18.6 Å². The van der Waals surface area contributed by atoms with Crippen molar-refractivity contribution in [1.82, 2.24) is 9.71 Å². The third-order valence-electron chi connectivity index (χ3n) is 2.50. The summed E-state index contributed by atoms with van der Waals surface area (Å²) in [5, 5.41) is -0.0667. The first-order valence-corrected chi connectivity index (χ1v) is 7.51. The zero-order valence-corrected chi connectivity index (χ0v) is 11.3. The smallest absolute Gasteiger partial charge is 0.260 e. The lowest BCUT2D eigenvalue weighted by atomic mass is 10.2. The molecule has 0 saturated carbocycles. The molecule has 0 atom stereocenters. The van der Waals surface area contributed by atoms with Crippen molar-refractivity contribution in [3.63, 3.8) is 0 Å². The number of anilines is 1. The number of nitrogens with one attached hydrogen (secondary N) is 2. The number of hydrogen-bond donors (Lipinski definition) is 3. The van der Waals surface area contributed by atoms with E-state index in [9.17, 15) is 8.42 Å². The first-order valence-electron chi connectivity index (χ1n) is 6.03. The van der Waals surface area contributed by atoms with E-state index < -0.39 is 10.0 Å². The van der Waals surface area contributed by atoms with Crippen LogP contribution < -0.4 is 16.0 Å². The molecule has 0 unspecified atom stereocenters. The van der Waals surface area contributed by atoms with Crippen LogP contribution in [0, 0.1) is 0 Å². The van der Waals surface area contributed by atoms with Crippen LogP contribution in [0.5, 0.6) is 0 Å². The van der Waals surface area contributed by atoms with Gasteiger partial charge in [0.2, 0.25) is 0 Å². The van der Waals surface area contributed by atoms with E-state index in [2.05, 4.69) is 22.1 Å². The zero-order chi connectivity index (χ0) is 13.4. The van der Waals surface area contributed by atoms with Gasteiger partial charge in [-0.15, -0.1) is 0 Å². The predicted molar refractivity (Wildman–Crippen MR) is 71.4 cm³/mol. The minimum absolute atomic E-state index is 0.0667. The van der Waals surface area contributed by atoms with Gasteiger partial charge < -0.3 is 5.43 Å². The highest BCUT2D eigenvalue weighted by molar-refractivity contribution is 7.89. The number of pyridine rings is 1. The molecule has 0 spiro atoms. The molecule has 1 rings (SSSR count). The topological polar surface area (TPSA) is 97.1 Å². The molecule has 1 aromatic heterocycles. The lowest BCUT2D eigenvalue weighted by Gasteiger charge is -2.09. The monoisotopic (exact) mass is 272 g/mol. The van der Waals surface area contributed by atoms with Crippen LogP contribution in [-0.4, -0.2) is 19.9 Å². The Hall–Kier alpha value is -1.18. The van der Waals surface area contributed by atoms with E-state index in [0.717, 1.165) is 25.7 Å². The minimum atomic E-state index is -3.59. The number of hydrogen-bond acceptors (Lipinski definition) is 5. The van der Waals surface area contributed by atoms with Crippen molar-refractivity contribution in [3.8, 4) is 0 Å². The first-order chi connectivity index (χ1) is 8.61. The summed E-state index contributed by atoms with van der Waals surface area (Å²) in [5.74, 6) is 5.26. The Bertz CT molecular complexity index is 462. The highest BCUT2D eigenvalue weighted by atomic mass is 32.2. The van der Waals surface area contributed by atoms with E-state index >= 15 is 0 Å². The third kappa shape index (κ3) is 4.25.